The van der Waals surface area contributed by atoms with Gasteiger partial charge in [-0.25, -0.2) is 0 Å². The van der Waals surface area contributed by atoms with Gasteiger partial charge in [0.25, 0.3) is 0 Å². The van der Waals surface area contributed by atoms with Crippen LogP contribution in [0.2, 0.25) is 0 Å². The van der Waals surface area contributed by atoms with E-state index >= 15 is 0 Å². The van der Waals surface area contributed by atoms with Gasteiger partial charge in [0.05, 0.1) is 12.4 Å². The van der Waals surface area contributed by atoms with E-state index in [0.29, 0.717) is 6.61 Å². The Labute approximate surface area is 77.0 Å². The number of fused-ring (bicyclic) bond motifs is 1. The number of ether oxygens (including phenoxy) is 1. The van der Waals surface area contributed by atoms with E-state index in [1.54, 1.807) is 0 Å². The zero-order chi connectivity index (χ0) is 9.26. The molecule has 0 aromatic heterocycles. The minimum atomic E-state index is 0.0462. The van der Waals surface area contributed by atoms with Gasteiger partial charge in [-0.2, -0.15) is 0 Å². The third-order valence-corrected chi connectivity index (χ3v) is 2.33. The SMILES string of the molecule is N=C(N)[C@@H]1CCOc2ccccc21. The second-order valence-corrected chi connectivity index (χ2v) is 3.18. The minimum absolute atomic E-state index is 0.0462. The lowest BCUT2D eigenvalue weighted by atomic mass is 9.92. The number of para-hydroxylation sites is 1. The second kappa shape index (κ2) is 3.09. The average molecular weight is 176 g/mol. The first-order chi connectivity index (χ1) is 6.29. The van der Waals surface area contributed by atoms with Gasteiger partial charge in [-0.15, -0.1) is 0 Å². The fourth-order valence-corrected chi connectivity index (χ4v) is 1.67. The van der Waals surface area contributed by atoms with E-state index in [9.17, 15) is 0 Å². The van der Waals surface area contributed by atoms with E-state index < -0.39 is 0 Å². The van der Waals surface area contributed by atoms with Crippen LogP contribution in [0.3, 0.4) is 0 Å². The van der Waals surface area contributed by atoms with Gasteiger partial charge in [-0.3, -0.25) is 5.41 Å². The maximum atomic E-state index is 7.44. The van der Waals surface area contributed by atoms with Crippen molar-refractivity contribution in [3.05, 3.63) is 29.8 Å². The summed E-state index contributed by atoms with van der Waals surface area (Å²) in [6, 6.07) is 7.77. The van der Waals surface area contributed by atoms with Gasteiger partial charge in [0.2, 0.25) is 0 Å². The zero-order valence-corrected chi connectivity index (χ0v) is 7.29. The zero-order valence-electron chi connectivity index (χ0n) is 7.29. The average Bonchev–Trinajstić information content (AvgIpc) is 2.17. The van der Waals surface area contributed by atoms with Crippen LogP contribution < -0.4 is 10.5 Å². The van der Waals surface area contributed by atoms with Crippen molar-refractivity contribution in [1.82, 2.24) is 0 Å². The number of amidine groups is 1. The van der Waals surface area contributed by atoms with Gasteiger partial charge in [-0.05, 0) is 12.5 Å². The molecule has 1 aliphatic heterocycles. The Hall–Kier alpha value is -1.51. The fraction of sp³-hybridized carbons (Fsp3) is 0.300. The van der Waals surface area contributed by atoms with E-state index in [-0.39, 0.29) is 11.8 Å². The smallest absolute Gasteiger partial charge is 0.123 e. The van der Waals surface area contributed by atoms with Crippen LogP contribution in [-0.4, -0.2) is 12.4 Å². The summed E-state index contributed by atoms with van der Waals surface area (Å²) in [5.41, 5.74) is 6.55. The number of hydrogen-bond acceptors (Lipinski definition) is 2. The highest BCUT2D eigenvalue weighted by Crippen LogP contribution is 2.32. The lowest BCUT2D eigenvalue weighted by molar-refractivity contribution is 0.282. The summed E-state index contributed by atoms with van der Waals surface area (Å²) in [6.45, 7) is 0.654. The number of nitrogens with one attached hydrogen (secondary N) is 1. The molecule has 1 atom stereocenters. The molecule has 1 aromatic rings. The first kappa shape index (κ1) is 8.10. The topological polar surface area (TPSA) is 59.1 Å². The van der Waals surface area contributed by atoms with E-state index in [4.69, 9.17) is 15.9 Å². The molecule has 0 spiro atoms. The van der Waals surface area contributed by atoms with Crippen molar-refractivity contribution in [1.29, 1.82) is 5.41 Å². The van der Waals surface area contributed by atoms with Crippen LogP contribution in [0.5, 0.6) is 5.75 Å². The predicted molar refractivity (Wildman–Crippen MR) is 51.2 cm³/mol. The van der Waals surface area contributed by atoms with E-state index in [2.05, 4.69) is 0 Å². The number of benzene rings is 1. The van der Waals surface area contributed by atoms with Crippen molar-refractivity contribution in [3.63, 3.8) is 0 Å². The Morgan fingerprint density at radius 1 is 1.46 bits per heavy atom. The molecule has 68 valence electrons. The Morgan fingerprint density at radius 3 is 3.00 bits per heavy atom. The molecular weight excluding hydrogens is 164 g/mol. The molecule has 0 unspecified atom stereocenters. The molecule has 1 heterocycles. The van der Waals surface area contributed by atoms with E-state index in [0.717, 1.165) is 17.7 Å². The standard InChI is InChI=1S/C10H12N2O/c11-10(12)8-5-6-13-9-4-2-1-3-7(8)9/h1-4,8H,5-6H2,(H3,11,12)/t8-/m1/s1. The van der Waals surface area contributed by atoms with Crippen LogP contribution in [0.15, 0.2) is 24.3 Å². The van der Waals surface area contributed by atoms with Gasteiger partial charge in [0.15, 0.2) is 0 Å². The monoisotopic (exact) mass is 176 g/mol. The Morgan fingerprint density at radius 2 is 2.23 bits per heavy atom. The quantitative estimate of drug-likeness (QED) is 0.503. The van der Waals surface area contributed by atoms with Crippen LogP contribution >= 0.6 is 0 Å². The van der Waals surface area contributed by atoms with E-state index in [1.165, 1.54) is 0 Å². The Balaban J connectivity index is 2.42. The summed E-state index contributed by atoms with van der Waals surface area (Å²) < 4.78 is 5.45. The summed E-state index contributed by atoms with van der Waals surface area (Å²) in [5, 5.41) is 7.44. The molecule has 3 heteroatoms. The Kier molecular flexibility index (Phi) is 1.93. The largest absolute Gasteiger partial charge is 0.493 e. The van der Waals surface area contributed by atoms with Crippen molar-refractivity contribution in [2.45, 2.75) is 12.3 Å². The molecule has 13 heavy (non-hydrogen) atoms. The van der Waals surface area contributed by atoms with Gasteiger partial charge in [-0.1, -0.05) is 18.2 Å². The molecule has 3 nitrogen and oxygen atoms in total. The summed E-state index contributed by atoms with van der Waals surface area (Å²) in [7, 11) is 0. The molecule has 3 N–H and O–H groups in total. The maximum absolute atomic E-state index is 7.44. The molecule has 0 aliphatic carbocycles. The minimum Gasteiger partial charge on any atom is -0.493 e. The molecule has 0 radical (unpaired) electrons. The van der Waals surface area contributed by atoms with Gasteiger partial charge in [0.1, 0.15) is 5.75 Å². The summed E-state index contributed by atoms with van der Waals surface area (Å²) in [5.74, 6) is 1.15. The normalized spacial score (nSPS) is 20.2. The number of rotatable bonds is 1. The molecule has 0 fully saturated rings. The van der Waals surface area contributed by atoms with Gasteiger partial charge < -0.3 is 10.5 Å². The summed E-state index contributed by atoms with van der Waals surface area (Å²) in [4.78, 5) is 0. The lowest BCUT2D eigenvalue weighted by Crippen LogP contribution is -2.26. The highest BCUT2D eigenvalue weighted by atomic mass is 16.5. The molecule has 0 bridgehead atoms. The molecule has 1 aromatic carbocycles. The molecule has 0 saturated heterocycles. The Bertz CT molecular complexity index is 335. The van der Waals surface area contributed by atoms with E-state index in [1.807, 2.05) is 24.3 Å². The highest BCUT2D eigenvalue weighted by molar-refractivity contribution is 5.85. The number of hydrogen-bond donors (Lipinski definition) is 2. The first-order valence-electron chi connectivity index (χ1n) is 4.34. The van der Waals surface area contributed by atoms with Crippen molar-refractivity contribution in [2.24, 2.45) is 5.73 Å². The van der Waals surface area contributed by atoms with Crippen LogP contribution in [0.4, 0.5) is 0 Å². The van der Waals surface area contributed by atoms with Gasteiger partial charge in [0, 0.05) is 11.5 Å². The van der Waals surface area contributed by atoms with Crippen LogP contribution in [0.1, 0.15) is 17.9 Å². The second-order valence-electron chi connectivity index (χ2n) is 3.18. The maximum Gasteiger partial charge on any atom is 0.123 e. The van der Waals surface area contributed by atoms with Crippen LogP contribution in [-0.2, 0) is 0 Å². The van der Waals surface area contributed by atoms with Crippen LogP contribution in [0.25, 0.3) is 0 Å². The van der Waals surface area contributed by atoms with Crippen LogP contribution in [0, 0.1) is 5.41 Å². The van der Waals surface area contributed by atoms with Gasteiger partial charge >= 0.3 is 0 Å². The molecule has 2 rings (SSSR count). The first-order valence-corrected chi connectivity index (χ1v) is 4.34. The van der Waals surface area contributed by atoms with Crippen molar-refractivity contribution >= 4 is 5.84 Å². The third kappa shape index (κ3) is 1.37. The molecule has 1 aliphatic rings. The number of nitrogens with two attached hydrogens (primary N) is 1. The summed E-state index contributed by atoms with van der Waals surface area (Å²) in [6.07, 6.45) is 0.812. The summed E-state index contributed by atoms with van der Waals surface area (Å²) >= 11 is 0. The van der Waals surface area contributed by atoms with Crippen molar-refractivity contribution in [3.8, 4) is 5.75 Å². The highest BCUT2D eigenvalue weighted by Gasteiger charge is 2.22. The van der Waals surface area contributed by atoms with Crippen molar-refractivity contribution < 1.29 is 4.74 Å². The molecule has 0 saturated carbocycles. The molecule has 0 amide bonds. The molecular formula is C10H12N2O. The predicted octanol–water partition coefficient (Wildman–Crippen LogP) is 1.49. The lowest BCUT2D eigenvalue weighted by Gasteiger charge is -2.24. The third-order valence-electron chi connectivity index (χ3n) is 2.33. The fourth-order valence-electron chi connectivity index (χ4n) is 1.67. The van der Waals surface area contributed by atoms with Crippen molar-refractivity contribution in [2.75, 3.05) is 6.61 Å².